The lowest BCUT2D eigenvalue weighted by atomic mass is 10.1. The quantitative estimate of drug-likeness (QED) is 0.454. The van der Waals surface area contributed by atoms with Gasteiger partial charge < -0.3 is 10.0 Å². The van der Waals surface area contributed by atoms with Gasteiger partial charge >= 0.3 is 0 Å². The Labute approximate surface area is 124 Å². The van der Waals surface area contributed by atoms with Crippen molar-refractivity contribution in [3.63, 3.8) is 0 Å². The van der Waals surface area contributed by atoms with Crippen LogP contribution in [0.5, 0.6) is 0 Å². The maximum absolute atomic E-state index is 11.1. The van der Waals surface area contributed by atoms with E-state index in [0.29, 0.717) is 10.5 Å². The van der Waals surface area contributed by atoms with Crippen LogP contribution in [0, 0.1) is 10.1 Å². The van der Waals surface area contributed by atoms with E-state index < -0.39 is 6.10 Å². The molecule has 0 aliphatic rings. The van der Waals surface area contributed by atoms with E-state index in [1.54, 1.807) is 19.1 Å². The monoisotopic (exact) mass is 298 g/mol. The van der Waals surface area contributed by atoms with Gasteiger partial charge in [-0.05, 0) is 31.6 Å². The van der Waals surface area contributed by atoms with Crippen LogP contribution < -0.4 is 0 Å². The molecule has 20 heavy (non-hydrogen) atoms. The van der Waals surface area contributed by atoms with Gasteiger partial charge in [-0.3, -0.25) is 10.1 Å². The van der Waals surface area contributed by atoms with E-state index in [9.17, 15) is 15.2 Å². The molecular formula is C14H22N2O3S. The standard InChI is InChI=1S/C14H22N2O3S/c1-4-15(5-2)8-9-20-14-7-6-12(11(3)17)10-13(14)16(18)19/h6-7,10-11,17H,4-5,8-9H2,1-3H3/t11-/m1/s1. The Morgan fingerprint density at radius 3 is 2.55 bits per heavy atom. The Morgan fingerprint density at radius 2 is 2.05 bits per heavy atom. The van der Waals surface area contributed by atoms with Crippen LogP contribution in [-0.2, 0) is 0 Å². The molecule has 0 saturated carbocycles. The van der Waals surface area contributed by atoms with Crippen molar-refractivity contribution in [3.8, 4) is 0 Å². The molecule has 0 heterocycles. The summed E-state index contributed by atoms with van der Waals surface area (Å²) in [7, 11) is 0. The second kappa shape index (κ2) is 8.24. The third kappa shape index (κ3) is 4.77. The summed E-state index contributed by atoms with van der Waals surface area (Å²) < 4.78 is 0. The van der Waals surface area contributed by atoms with Crippen molar-refractivity contribution in [2.75, 3.05) is 25.4 Å². The fourth-order valence-electron chi connectivity index (χ4n) is 1.88. The van der Waals surface area contributed by atoms with Gasteiger partial charge in [0.1, 0.15) is 0 Å². The molecule has 0 aromatic heterocycles. The van der Waals surface area contributed by atoms with Crippen LogP contribution in [0.3, 0.4) is 0 Å². The molecule has 1 rings (SSSR count). The van der Waals surface area contributed by atoms with Gasteiger partial charge in [0, 0.05) is 18.4 Å². The van der Waals surface area contributed by atoms with Crippen molar-refractivity contribution < 1.29 is 10.0 Å². The van der Waals surface area contributed by atoms with Gasteiger partial charge in [0.25, 0.3) is 5.69 Å². The highest BCUT2D eigenvalue weighted by Gasteiger charge is 2.16. The molecule has 1 N–H and O–H groups in total. The highest BCUT2D eigenvalue weighted by molar-refractivity contribution is 7.99. The molecule has 0 radical (unpaired) electrons. The summed E-state index contributed by atoms with van der Waals surface area (Å²) >= 11 is 1.49. The maximum Gasteiger partial charge on any atom is 0.283 e. The number of aliphatic hydroxyl groups is 1. The fourth-order valence-corrected chi connectivity index (χ4v) is 2.90. The molecule has 112 valence electrons. The summed E-state index contributed by atoms with van der Waals surface area (Å²) in [6.07, 6.45) is -0.691. The smallest absolute Gasteiger partial charge is 0.283 e. The number of benzene rings is 1. The molecule has 0 aliphatic heterocycles. The Bertz CT molecular complexity index is 448. The Kier molecular flexibility index (Phi) is 6.98. The predicted molar refractivity (Wildman–Crippen MR) is 82.2 cm³/mol. The van der Waals surface area contributed by atoms with Gasteiger partial charge in [-0.15, -0.1) is 11.8 Å². The van der Waals surface area contributed by atoms with Gasteiger partial charge in [-0.25, -0.2) is 0 Å². The van der Waals surface area contributed by atoms with Crippen LogP contribution in [0.2, 0.25) is 0 Å². The van der Waals surface area contributed by atoms with Gasteiger partial charge in [0.05, 0.1) is 15.9 Å². The second-order valence-electron chi connectivity index (χ2n) is 4.54. The Balaban J connectivity index is 2.76. The topological polar surface area (TPSA) is 66.6 Å². The van der Waals surface area contributed by atoms with Crippen LogP contribution in [0.1, 0.15) is 32.4 Å². The Hall–Kier alpha value is -1.11. The number of nitro groups is 1. The number of hydrogen-bond acceptors (Lipinski definition) is 5. The largest absolute Gasteiger partial charge is 0.389 e. The number of nitrogens with zero attached hydrogens (tertiary/aromatic N) is 2. The van der Waals surface area contributed by atoms with Gasteiger partial charge in [0.2, 0.25) is 0 Å². The van der Waals surface area contributed by atoms with Crippen LogP contribution in [0.4, 0.5) is 5.69 Å². The van der Waals surface area contributed by atoms with Crippen molar-refractivity contribution in [1.29, 1.82) is 0 Å². The van der Waals surface area contributed by atoms with Crippen molar-refractivity contribution in [1.82, 2.24) is 4.90 Å². The number of rotatable bonds is 8. The molecule has 0 saturated heterocycles. The van der Waals surface area contributed by atoms with Crippen molar-refractivity contribution >= 4 is 17.4 Å². The first-order valence-electron chi connectivity index (χ1n) is 6.81. The summed E-state index contributed by atoms with van der Waals surface area (Å²) in [5, 5.41) is 20.6. The molecule has 1 aromatic rings. The molecule has 0 spiro atoms. The van der Waals surface area contributed by atoms with E-state index in [1.807, 2.05) is 0 Å². The minimum absolute atomic E-state index is 0.0768. The molecule has 0 aliphatic carbocycles. The molecular weight excluding hydrogens is 276 g/mol. The highest BCUT2D eigenvalue weighted by Crippen LogP contribution is 2.31. The molecule has 1 aromatic carbocycles. The summed E-state index contributed by atoms with van der Waals surface area (Å²) in [5.74, 6) is 0.816. The van der Waals surface area contributed by atoms with E-state index in [0.717, 1.165) is 25.4 Å². The minimum atomic E-state index is -0.691. The highest BCUT2D eigenvalue weighted by atomic mass is 32.2. The molecule has 5 nitrogen and oxygen atoms in total. The van der Waals surface area contributed by atoms with E-state index in [-0.39, 0.29) is 10.6 Å². The van der Waals surface area contributed by atoms with Gasteiger partial charge in [-0.1, -0.05) is 19.9 Å². The van der Waals surface area contributed by atoms with Crippen LogP contribution >= 0.6 is 11.8 Å². The second-order valence-corrected chi connectivity index (χ2v) is 5.67. The maximum atomic E-state index is 11.1. The lowest BCUT2D eigenvalue weighted by molar-refractivity contribution is -0.387. The third-order valence-electron chi connectivity index (χ3n) is 3.22. The number of aliphatic hydroxyl groups excluding tert-OH is 1. The summed E-state index contributed by atoms with van der Waals surface area (Å²) in [4.78, 5) is 13.7. The first-order valence-corrected chi connectivity index (χ1v) is 7.79. The Morgan fingerprint density at radius 1 is 1.40 bits per heavy atom. The predicted octanol–water partition coefficient (Wildman–Crippen LogP) is 3.08. The van der Waals surface area contributed by atoms with Crippen molar-refractivity contribution in [3.05, 3.63) is 33.9 Å². The molecule has 0 bridgehead atoms. The number of thioether (sulfide) groups is 1. The van der Waals surface area contributed by atoms with E-state index in [2.05, 4.69) is 18.7 Å². The van der Waals surface area contributed by atoms with Gasteiger partial charge in [0.15, 0.2) is 0 Å². The van der Waals surface area contributed by atoms with E-state index >= 15 is 0 Å². The molecule has 0 fully saturated rings. The zero-order valence-corrected chi connectivity index (χ0v) is 13.0. The third-order valence-corrected chi connectivity index (χ3v) is 4.26. The lowest BCUT2D eigenvalue weighted by Gasteiger charge is -2.17. The first-order chi connectivity index (χ1) is 9.49. The zero-order chi connectivity index (χ0) is 15.1. The van der Waals surface area contributed by atoms with Crippen LogP contribution in [0.25, 0.3) is 0 Å². The van der Waals surface area contributed by atoms with Crippen LogP contribution in [-0.4, -0.2) is 40.3 Å². The molecule has 1 atom stereocenters. The summed E-state index contributed by atoms with van der Waals surface area (Å²) in [6.45, 7) is 8.70. The lowest BCUT2D eigenvalue weighted by Crippen LogP contribution is -2.25. The molecule has 0 unspecified atom stereocenters. The van der Waals surface area contributed by atoms with Crippen molar-refractivity contribution in [2.45, 2.75) is 31.8 Å². The van der Waals surface area contributed by atoms with E-state index in [4.69, 9.17) is 0 Å². The number of nitro benzene ring substituents is 1. The van der Waals surface area contributed by atoms with Crippen molar-refractivity contribution in [2.24, 2.45) is 0 Å². The first kappa shape index (κ1) is 16.9. The molecule has 6 heteroatoms. The SMILES string of the molecule is CCN(CC)CCSc1ccc([C@@H](C)O)cc1[N+](=O)[O-]. The molecule has 0 amide bonds. The average molecular weight is 298 g/mol. The zero-order valence-electron chi connectivity index (χ0n) is 12.2. The minimum Gasteiger partial charge on any atom is -0.389 e. The van der Waals surface area contributed by atoms with E-state index in [1.165, 1.54) is 17.8 Å². The summed E-state index contributed by atoms with van der Waals surface area (Å²) in [5.41, 5.74) is 0.651. The van der Waals surface area contributed by atoms with Crippen LogP contribution in [0.15, 0.2) is 23.1 Å². The normalized spacial score (nSPS) is 12.7. The average Bonchev–Trinajstić information content (AvgIpc) is 2.43. The van der Waals surface area contributed by atoms with Gasteiger partial charge in [-0.2, -0.15) is 0 Å². The summed E-state index contributed by atoms with van der Waals surface area (Å²) in [6, 6.07) is 4.94. The fraction of sp³-hybridized carbons (Fsp3) is 0.571. The number of hydrogen-bond donors (Lipinski definition) is 1.